The van der Waals surface area contributed by atoms with Crippen LogP contribution < -0.4 is 5.32 Å². The summed E-state index contributed by atoms with van der Waals surface area (Å²) in [5, 5.41) is 13.1. The Bertz CT molecular complexity index is 214. The van der Waals surface area contributed by atoms with Crippen LogP contribution >= 0.6 is 0 Å². The third-order valence-electron chi connectivity index (χ3n) is 4.69. The lowest BCUT2D eigenvalue weighted by molar-refractivity contribution is 0.127. The Morgan fingerprint density at radius 2 is 1.71 bits per heavy atom. The summed E-state index contributed by atoms with van der Waals surface area (Å²) in [6.07, 6.45) is 7.79. The van der Waals surface area contributed by atoms with E-state index in [-0.39, 0.29) is 0 Å². The van der Waals surface area contributed by atoms with Crippen molar-refractivity contribution in [3.8, 4) is 0 Å². The molecular weight excluding hydrogens is 212 g/mol. The monoisotopic (exact) mass is 240 g/mol. The van der Waals surface area contributed by atoms with E-state index in [0.717, 1.165) is 6.54 Å². The Kier molecular flexibility index (Phi) is 5.26. The number of piperidine rings is 1. The molecule has 17 heavy (non-hydrogen) atoms. The quantitative estimate of drug-likeness (QED) is 0.781. The highest BCUT2D eigenvalue weighted by molar-refractivity contribution is 4.80. The average molecular weight is 240 g/mol. The third-order valence-corrected chi connectivity index (χ3v) is 4.69. The van der Waals surface area contributed by atoms with E-state index in [4.69, 9.17) is 0 Å². The summed E-state index contributed by atoms with van der Waals surface area (Å²) in [6.45, 7) is 3.97. The van der Waals surface area contributed by atoms with Crippen LogP contribution in [0.5, 0.6) is 0 Å². The highest BCUT2D eigenvalue weighted by Gasteiger charge is 2.25. The van der Waals surface area contributed by atoms with Crippen molar-refractivity contribution >= 4 is 0 Å². The Morgan fingerprint density at radius 3 is 2.35 bits per heavy atom. The molecule has 0 radical (unpaired) electrons. The summed E-state index contributed by atoms with van der Waals surface area (Å²) >= 11 is 0. The standard InChI is InChI=1S/C14H28N2O/c1-16-8-6-14(7-9-16)15-10-12-4-2-3-5-13(12)11-17/h12-15,17H,2-11H2,1H3. The van der Waals surface area contributed by atoms with Gasteiger partial charge >= 0.3 is 0 Å². The molecule has 2 fully saturated rings. The zero-order valence-electron chi connectivity index (χ0n) is 11.2. The minimum absolute atomic E-state index is 0.389. The van der Waals surface area contributed by atoms with Gasteiger partial charge in [-0.2, -0.15) is 0 Å². The van der Waals surface area contributed by atoms with Gasteiger partial charge in [-0.05, 0) is 64.2 Å². The lowest BCUT2D eigenvalue weighted by Gasteiger charge is -2.34. The van der Waals surface area contributed by atoms with Crippen LogP contribution in [0.15, 0.2) is 0 Å². The molecule has 0 spiro atoms. The molecule has 0 aromatic heterocycles. The first-order chi connectivity index (χ1) is 8.29. The molecule has 0 bridgehead atoms. The fourth-order valence-electron chi connectivity index (χ4n) is 3.32. The van der Waals surface area contributed by atoms with E-state index >= 15 is 0 Å². The van der Waals surface area contributed by atoms with Gasteiger partial charge in [-0.3, -0.25) is 0 Å². The van der Waals surface area contributed by atoms with Crippen LogP contribution in [-0.4, -0.2) is 49.3 Å². The number of likely N-dealkylation sites (tertiary alicyclic amines) is 1. The number of rotatable bonds is 4. The maximum atomic E-state index is 9.40. The first-order valence-corrected chi connectivity index (χ1v) is 7.32. The maximum absolute atomic E-state index is 9.40. The number of hydrogen-bond donors (Lipinski definition) is 2. The van der Waals surface area contributed by atoms with E-state index in [1.807, 2.05) is 0 Å². The topological polar surface area (TPSA) is 35.5 Å². The summed E-state index contributed by atoms with van der Waals surface area (Å²) in [7, 11) is 2.21. The Morgan fingerprint density at radius 1 is 1.06 bits per heavy atom. The fraction of sp³-hybridized carbons (Fsp3) is 1.00. The van der Waals surface area contributed by atoms with Gasteiger partial charge in [-0.1, -0.05) is 12.8 Å². The smallest absolute Gasteiger partial charge is 0.0462 e. The van der Waals surface area contributed by atoms with E-state index < -0.39 is 0 Å². The van der Waals surface area contributed by atoms with Crippen molar-refractivity contribution in [2.24, 2.45) is 11.8 Å². The molecule has 0 aromatic carbocycles. The number of nitrogens with one attached hydrogen (secondary N) is 1. The summed E-state index contributed by atoms with van der Waals surface area (Å²) < 4.78 is 0. The van der Waals surface area contributed by atoms with Gasteiger partial charge in [-0.25, -0.2) is 0 Å². The molecule has 3 nitrogen and oxygen atoms in total. The molecule has 1 heterocycles. The van der Waals surface area contributed by atoms with Crippen molar-refractivity contribution in [3.05, 3.63) is 0 Å². The molecule has 1 saturated carbocycles. The zero-order valence-corrected chi connectivity index (χ0v) is 11.2. The van der Waals surface area contributed by atoms with Crippen LogP contribution in [0.2, 0.25) is 0 Å². The van der Waals surface area contributed by atoms with E-state index in [1.165, 1.54) is 51.6 Å². The van der Waals surface area contributed by atoms with Gasteiger partial charge in [0.15, 0.2) is 0 Å². The Labute approximate surface area is 106 Å². The number of hydrogen-bond acceptors (Lipinski definition) is 3. The minimum Gasteiger partial charge on any atom is -0.396 e. The Balaban J connectivity index is 1.69. The van der Waals surface area contributed by atoms with Gasteiger partial charge in [0.05, 0.1) is 0 Å². The average Bonchev–Trinajstić information content (AvgIpc) is 2.38. The second-order valence-corrected chi connectivity index (χ2v) is 5.97. The van der Waals surface area contributed by atoms with Crippen LogP contribution in [0, 0.1) is 11.8 Å². The second-order valence-electron chi connectivity index (χ2n) is 5.97. The van der Waals surface area contributed by atoms with Gasteiger partial charge in [0, 0.05) is 12.6 Å². The van der Waals surface area contributed by atoms with Crippen molar-refractivity contribution in [2.45, 2.75) is 44.6 Å². The highest BCUT2D eigenvalue weighted by atomic mass is 16.3. The van der Waals surface area contributed by atoms with Gasteiger partial charge < -0.3 is 15.3 Å². The molecule has 0 amide bonds. The molecule has 100 valence electrons. The van der Waals surface area contributed by atoms with E-state index in [2.05, 4.69) is 17.3 Å². The van der Waals surface area contributed by atoms with Crippen LogP contribution in [0.1, 0.15) is 38.5 Å². The molecule has 2 atom stereocenters. The lowest BCUT2D eigenvalue weighted by Crippen LogP contribution is -2.44. The van der Waals surface area contributed by atoms with Crippen molar-refractivity contribution in [3.63, 3.8) is 0 Å². The number of nitrogens with zero attached hydrogens (tertiary/aromatic N) is 1. The summed E-state index contributed by atoms with van der Waals surface area (Å²) in [5.41, 5.74) is 0. The first kappa shape index (κ1) is 13.3. The molecule has 2 unspecified atom stereocenters. The second kappa shape index (κ2) is 6.72. The van der Waals surface area contributed by atoms with E-state index in [0.29, 0.717) is 24.5 Å². The molecule has 1 saturated heterocycles. The van der Waals surface area contributed by atoms with Crippen LogP contribution in [0.3, 0.4) is 0 Å². The van der Waals surface area contributed by atoms with Crippen molar-refractivity contribution in [2.75, 3.05) is 33.3 Å². The summed E-state index contributed by atoms with van der Waals surface area (Å²) in [5.74, 6) is 1.27. The van der Waals surface area contributed by atoms with Crippen molar-refractivity contribution in [1.29, 1.82) is 0 Å². The van der Waals surface area contributed by atoms with Gasteiger partial charge in [0.25, 0.3) is 0 Å². The summed E-state index contributed by atoms with van der Waals surface area (Å²) in [4.78, 5) is 2.41. The minimum atomic E-state index is 0.389. The maximum Gasteiger partial charge on any atom is 0.0462 e. The molecule has 3 heteroatoms. The SMILES string of the molecule is CN1CCC(NCC2CCCCC2CO)CC1. The third kappa shape index (κ3) is 3.94. The highest BCUT2D eigenvalue weighted by Crippen LogP contribution is 2.29. The predicted molar refractivity (Wildman–Crippen MR) is 71.1 cm³/mol. The molecule has 2 aliphatic rings. The fourth-order valence-corrected chi connectivity index (χ4v) is 3.32. The molecule has 1 aliphatic carbocycles. The lowest BCUT2D eigenvalue weighted by atomic mass is 9.79. The first-order valence-electron chi connectivity index (χ1n) is 7.32. The molecule has 2 rings (SSSR count). The Hall–Kier alpha value is -0.120. The van der Waals surface area contributed by atoms with Crippen LogP contribution in [0.25, 0.3) is 0 Å². The van der Waals surface area contributed by atoms with Gasteiger partial charge in [0.2, 0.25) is 0 Å². The van der Waals surface area contributed by atoms with Crippen molar-refractivity contribution in [1.82, 2.24) is 10.2 Å². The van der Waals surface area contributed by atoms with Gasteiger partial charge in [0.1, 0.15) is 0 Å². The molecular formula is C14H28N2O. The van der Waals surface area contributed by atoms with Crippen LogP contribution in [-0.2, 0) is 0 Å². The number of aliphatic hydroxyl groups excluding tert-OH is 1. The summed E-state index contributed by atoms with van der Waals surface area (Å²) in [6, 6.07) is 0.715. The predicted octanol–water partition coefficient (Wildman–Crippen LogP) is 1.47. The van der Waals surface area contributed by atoms with Crippen molar-refractivity contribution < 1.29 is 5.11 Å². The van der Waals surface area contributed by atoms with Crippen LogP contribution in [0.4, 0.5) is 0 Å². The van der Waals surface area contributed by atoms with E-state index in [9.17, 15) is 5.11 Å². The molecule has 0 aromatic rings. The zero-order chi connectivity index (χ0) is 12.1. The largest absolute Gasteiger partial charge is 0.396 e. The normalized spacial score (nSPS) is 32.8. The molecule has 2 N–H and O–H groups in total. The molecule has 1 aliphatic heterocycles. The van der Waals surface area contributed by atoms with E-state index in [1.54, 1.807) is 0 Å². The number of aliphatic hydroxyl groups is 1. The van der Waals surface area contributed by atoms with Gasteiger partial charge in [-0.15, -0.1) is 0 Å².